The Morgan fingerprint density at radius 1 is 1.45 bits per heavy atom. The third-order valence-electron chi connectivity index (χ3n) is 2.98. The van der Waals surface area contributed by atoms with E-state index in [2.05, 4.69) is 0 Å². The van der Waals surface area contributed by atoms with E-state index in [1.54, 1.807) is 31.2 Å². The van der Waals surface area contributed by atoms with Gasteiger partial charge in [0.1, 0.15) is 11.7 Å². The fraction of sp³-hybridized carbons (Fsp3) is 0.200. The second-order valence-electron chi connectivity index (χ2n) is 4.25. The second kappa shape index (κ2) is 5.81. The molecule has 0 bridgehead atoms. The number of nitrogens with zero attached hydrogens (tertiary/aromatic N) is 1. The normalized spacial score (nSPS) is 11.7. The van der Waals surface area contributed by atoms with E-state index in [0.717, 1.165) is 0 Å². The molecule has 0 spiro atoms. The second-order valence-corrected chi connectivity index (χ2v) is 4.68. The smallest absolute Gasteiger partial charge is 0.219 e. The van der Waals surface area contributed by atoms with Crippen LogP contribution in [-0.4, -0.2) is 12.9 Å². The van der Waals surface area contributed by atoms with Crippen LogP contribution in [0.4, 0.5) is 0 Å². The van der Waals surface area contributed by atoms with Crippen molar-refractivity contribution in [3.05, 3.63) is 52.4 Å². The highest BCUT2D eigenvalue weighted by Gasteiger charge is 2.28. The van der Waals surface area contributed by atoms with Crippen LogP contribution in [0.5, 0.6) is 5.75 Å². The van der Waals surface area contributed by atoms with Gasteiger partial charge in [-0.1, -0.05) is 11.6 Å². The molecular weight excluding hydrogens is 278 g/mol. The van der Waals surface area contributed by atoms with E-state index in [0.29, 0.717) is 21.9 Å². The zero-order valence-corrected chi connectivity index (χ0v) is 11.8. The van der Waals surface area contributed by atoms with Gasteiger partial charge in [0.25, 0.3) is 0 Å². The summed E-state index contributed by atoms with van der Waals surface area (Å²) in [7, 11) is 1.48. The molecule has 0 aliphatic carbocycles. The Bertz CT molecular complexity index is 685. The van der Waals surface area contributed by atoms with E-state index in [1.165, 1.54) is 13.4 Å². The number of carbonyl (C=O) groups excluding carboxylic acids is 1. The number of hydrogen-bond donors (Lipinski definition) is 0. The van der Waals surface area contributed by atoms with Crippen molar-refractivity contribution in [2.45, 2.75) is 12.8 Å². The maximum Gasteiger partial charge on any atom is 0.219 e. The third kappa shape index (κ3) is 2.54. The van der Waals surface area contributed by atoms with Crippen molar-refractivity contribution in [1.29, 1.82) is 5.26 Å². The van der Waals surface area contributed by atoms with E-state index in [9.17, 15) is 10.1 Å². The summed E-state index contributed by atoms with van der Waals surface area (Å²) in [5.41, 5.74) is 1.12. The zero-order valence-electron chi connectivity index (χ0n) is 11.0. The van der Waals surface area contributed by atoms with Gasteiger partial charge in [-0.15, -0.1) is 0 Å². The SMILES string of the molecule is COc1ccc(Cl)cc1C(C#N)C(=O)c1occc1C. The molecule has 1 atom stereocenters. The van der Waals surface area contributed by atoms with Crippen molar-refractivity contribution in [3.8, 4) is 11.8 Å². The van der Waals surface area contributed by atoms with E-state index in [1.807, 2.05) is 6.07 Å². The Morgan fingerprint density at radius 3 is 2.75 bits per heavy atom. The van der Waals surface area contributed by atoms with Crippen LogP contribution < -0.4 is 4.74 Å². The zero-order chi connectivity index (χ0) is 14.7. The molecule has 0 aliphatic rings. The lowest BCUT2D eigenvalue weighted by Crippen LogP contribution is -2.12. The van der Waals surface area contributed by atoms with Gasteiger partial charge in [0.05, 0.1) is 19.4 Å². The number of aryl methyl sites for hydroxylation is 1. The topological polar surface area (TPSA) is 63.2 Å². The predicted octanol–water partition coefficient (Wildman–Crippen LogP) is 3.74. The Balaban J connectivity index is 2.49. The molecule has 20 heavy (non-hydrogen) atoms. The molecule has 0 saturated heterocycles. The first-order chi connectivity index (χ1) is 9.58. The number of Topliss-reactive ketones (excluding diaryl/α,β-unsaturated/α-hetero) is 1. The monoisotopic (exact) mass is 289 g/mol. The summed E-state index contributed by atoms with van der Waals surface area (Å²) >= 11 is 5.94. The van der Waals surface area contributed by atoms with Crippen LogP contribution in [0.2, 0.25) is 5.02 Å². The molecule has 0 amide bonds. The minimum atomic E-state index is -1.02. The summed E-state index contributed by atoms with van der Waals surface area (Å²) in [6.45, 7) is 1.75. The van der Waals surface area contributed by atoms with E-state index >= 15 is 0 Å². The average Bonchev–Trinajstić information content (AvgIpc) is 2.86. The summed E-state index contributed by atoms with van der Waals surface area (Å²) in [6.07, 6.45) is 1.42. The molecule has 102 valence electrons. The number of benzene rings is 1. The Morgan fingerprint density at radius 2 is 2.20 bits per heavy atom. The quantitative estimate of drug-likeness (QED) is 0.804. The van der Waals surface area contributed by atoms with Gasteiger partial charge in [0.2, 0.25) is 5.78 Å². The number of rotatable bonds is 4. The Hall–Kier alpha value is -2.25. The highest BCUT2D eigenvalue weighted by Crippen LogP contribution is 2.32. The number of methoxy groups -OCH3 is 1. The molecule has 1 aromatic carbocycles. The summed E-state index contributed by atoms with van der Waals surface area (Å²) in [6, 6.07) is 8.49. The first kappa shape index (κ1) is 14.2. The van der Waals surface area contributed by atoms with E-state index in [4.69, 9.17) is 20.8 Å². The van der Waals surface area contributed by atoms with Gasteiger partial charge in [-0.25, -0.2) is 0 Å². The van der Waals surface area contributed by atoms with Crippen molar-refractivity contribution in [1.82, 2.24) is 0 Å². The number of halogens is 1. The minimum absolute atomic E-state index is 0.179. The summed E-state index contributed by atoms with van der Waals surface area (Å²) < 4.78 is 10.3. The molecule has 2 aromatic rings. The van der Waals surface area contributed by atoms with Gasteiger partial charge in [0, 0.05) is 10.6 Å². The molecule has 4 nitrogen and oxygen atoms in total. The lowest BCUT2D eigenvalue weighted by Gasteiger charge is -2.12. The summed E-state index contributed by atoms with van der Waals surface area (Å²) in [5.74, 6) is -0.804. The molecule has 1 unspecified atom stereocenters. The van der Waals surface area contributed by atoms with Crippen LogP contribution >= 0.6 is 11.6 Å². The highest BCUT2D eigenvalue weighted by atomic mass is 35.5. The molecule has 0 aliphatic heterocycles. The molecule has 2 rings (SSSR count). The van der Waals surface area contributed by atoms with Crippen LogP contribution in [0.25, 0.3) is 0 Å². The van der Waals surface area contributed by atoms with E-state index in [-0.39, 0.29) is 5.76 Å². The fourth-order valence-corrected chi connectivity index (χ4v) is 2.14. The molecule has 5 heteroatoms. The molecule has 1 heterocycles. The van der Waals surface area contributed by atoms with E-state index < -0.39 is 11.7 Å². The van der Waals surface area contributed by atoms with Gasteiger partial charge in [-0.3, -0.25) is 4.79 Å². The maximum absolute atomic E-state index is 12.4. The molecule has 0 fully saturated rings. The third-order valence-corrected chi connectivity index (χ3v) is 3.22. The lowest BCUT2D eigenvalue weighted by atomic mass is 9.93. The standard InChI is InChI=1S/C15H12ClNO3/c1-9-5-6-20-15(9)14(18)12(8-17)11-7-10(16)3-4-13(11)19-2/h3-7,12H,1-2H3. The number of ketones is 1. The number of carbonyl (C=O) groups is 1. The van der Waals surface area contributed by atoms with Crippen molar-refractivity contribution in [2.75, 3.05) is 7.11 Å². The summed E-state index contributed by atoms with van der Waals surface area (Å²) in [4.78, 5) is 12.4. The fourth-order valence-electron chi connectivity index (χ4n) is 1.96. The Kier molecular flexibility index (Phi) is 4.11. The molecule has 0 N–H and O–H groups in total. The van der Waals surface area contributed by atoms with Crippen LogP contribution in [0.15, 0.2) is 34.9 Å². The number of hydrogen-bond acceptors (Lipinski definition) is 4. The lowest BCUT2D eigenvalue weighted by molar-refractivity contribution is 0.0950. The highest BCUT2D eigenvalue weighted by molar-refractivity contribution is 6.30. The van der Waals surface area contributed by atoms with Crippen molar-refractivity contribution in [2.24, 2.45) is 0 Å². The first-order valence-electron chi connectivity index (χ1n) is 5.89. The van der Waals surface area contributed by atoms with Gasteiger partial charge < -0.3 is 9.15 Å². The van der Waals surface area contributed by atoms with Crippen molar-refractivity contribution >= 4 is 17.4 Å². The number of ether oxygens (including phenoxy) is 1. The van der Waals surface area contributed by atoms with Crippen LogP contribution in [0, 0.1) is 18.3 Å². The molecule has 0 saturated carbocycles. The van der Waals surface area contributed by atoms with Crippen molar-refractivity contribution < 1.29 is 13.9 Å². The summed E-state index contributed by atoms with van der Waals surface area (Å²) in [5, 5.41) is 9.77. The van der Waals surface area contributed by atoms with Crippen molar-refractivity contribution in [3.63, 3.8) is 0 Å². The predicted molar refractivity (Wildman–Crippen MR) is 74.1 cm³/mol. The minimum Gasteiger partial charge on any atom is -0.496 e. The molecular formula is C15H12ClNO3. The van der Waals surface area contributed by atoms with Crippen LogP contribution in [0.1, 0.15) is 27.6 Å². The molecule has 0 radical (unpaired) electrons. The van der Waals surface area contributed by atoms with Gasteiger partial charge in [0.15, 0.2) is 5.76 Å². The van der Waals surface area contributed by atoms with Gasteiger partial charge in [-0.2, -0.15) is 5.26 Å². The van der Waals surface area contributed by atoms with Crippen LogP contribution in [-0.2, 0) is 0 Å². The van der Waals surface area contributed by atoms with Gasteiger partial charge >= 0.3 is 0 Å². The maximum atomic E-state index is 12.4. The van der Waals surface area contributed by atoms with Crippen LogP contribution in [0.3, 0.4) is 0 Å². The largest absolute Gasteiger partial charge is 0.496 e. The number of nitriles is 1. The number of furan rings is 1. The Labute approximate surface area is 121 Å². The average molecular weight is 290 g/mol. The van der Waals surface area contributed by atoms with Gasteiger partial charge in [-0.05, 0) is 36.8 Å². The first-order valence-corrected chi connectivity index (χ1v) is 6.27. The molecule has 1 aromatic heterocycles.